The van der Waals surface area contributed by atoms with Gasteiger partial charge in [-0.15, -0.1) is 11.8 Å². The van der Waals surface area contributed by atoms with Crippen LogP contribution in [-0.4, -0.2) is 57.1 Å². The predicted molar refractivity (Wildman–Crippen MR) is 119 cm³/mol. The molecule has 12 heteroatoms. The van der Waals surface area contributed by atoms with Crippen LogP contribution in [-0.2, 0) is 14.4 Å². The number of thioether (sulfide) groups is 1. The van der Waals surface area contributed by atoms with Gasteiger partial charge in [0.15, 0.2) is 5.65 Å². The molecule has 11 nitrogen and oxygen atoms in total. The fourth-order valence-electron chi connectivity index (χ4n) is 3.26. The zero-order valence-electron chi connectivity index (χ0n) is 17.1. The van der Waals surface area contributed by atoms with Gasteiger partial charge >= 0.3 is 0 Å². The van der Waals surface area contributed by atoms with Crippen molar-refractivity contribution in [3.05, 3.63) is 40.2 Å². The average molecular weight is 458 g/mol. The highest BCUT2D eigenvalue weighted by Gasteiger charge is 2.28. The summed E-state index contributed by atoms with van der Waals surface area (Å²) in [6, 6.07) is 2.29. The number of fused-ring (bicyclic) bond motifs is 1. The quantitative estimate of drug-likeness (QED) is 0.247. The van der Waals surface area contributed by atoms with Gasteiger partial charge in [0.05, 0.1) is 28.7 Å². The van der Waals surface area contributed by atoms with Gasteiger partial charge in [0.25, 0.3) is 11.8 Å². The summed E-state index contributed by atoms with van der Waals surface area (Å²) < 4.78 is 1.65. The van der Waals surface area contributed by atoms with E-state index in [0.29, 0.717) is 35.0 Å². The van der Waals surface area contributed by atoms with Crippen molar-refractivity contribution in [3.63, 3.8) is 0 Å². The molecule has 2 aromatic rings. The first-order chi connectivity index (χ1) is 15.5. The van der Waals surface area contributed by atoms with E-state index in [1.54, 1.807) is 10.7 Å². The minimum absolute atomic E-state index is 0.0708. The van der Waals surface area contributed by atoms with Crippen molar-refractivity contribution >= 4 is 47.5 Å². The van der Waals surface area contributed by atoms with Crippen LogP contribution < -0.4 is 21.7 Å². The number of anilines is 1. The molecule has 1 atom stereocenters. The van der Waals surface area contributed by atoms with Crippen LogP contribution in [0.2, 0.25) is 0 Å². The summed E-state index contributed by atoms with van der Waals surface area (Å²) in [5.41, 5.74) is 7.04. The lowest BCUT2D eigenvalue weighted by Gasteiger charge is -2.14. The third kappa shape index (κ3) is 4.75. The number of allylic oxidation sites excluding steroid dienone is 1. The van der Waals surface area contributed by atoms with E-state index in [-0.39, 0.29) is 30.0 Å². The predicted octanol–water partition coefficient (Wildman–Crippen LogP) is 0.0462. The van der Waals surface area contributed by atoms with E-state index in [1.165, 1.54) is 17.8 Å². The molecule has 4 rings (SSSR count). The molecular formula is C20H23N7O4S. The third-order valence-corrected chi connectivity index (χ3v) is 6.29. The van der Waals surface area contributed by atoms with Gasteiger partial charge in [0.2, 0.25) is 6.41 Å². The van der Waals surface area contributed by atoms with Gasteiger partial charge in [-0.25, -0.2) is 4.98 Å². The molecule has 32 heavy (non-hydrogen) atoms. The fourth-order valence-corrected chi connectivity index (χ4v) is 4.37. The van der Waals surface area contributed by atoms with Gasteiger partial charge in [-0.2, -0.15) is 9.61 Å². The fraction of sp³-hybridized carbons (Fsp3) is 0.350. The number of aliphatic hydroxyl groups excluding tert-OH is 1. The second-order valence-corrected chi connectivity index (χ2v) is 8.64. The van der Waals surface area contributed by atoms with Crippen LogP contribution in [0.3, 0.4) is 0 Å². The Kier molecular flexibility index (Phi) is 6.42. The molecule has 168 valence electrons. The lowest BCUT2D eigenvalue weighted by Crippen LogP contribution is -2.26. The van der Waals surface area contributed by atoms with Crippen LogP contribution in [0.5, 0.6) is 0 Å². The Bertz CT molecular complexity index is 1120. The van der Waals surface area contributed by atoms with E-state index in [1.807, 2.05) is 12.1 Å². The van der Waals surface area contributed by atoms with Crippen molar-refractivity contribution in [2.24, 2.45) is 5.73 Å². The second kappa shape index (κ2) is 9.40. The number of carbonyl (C=O) groups excluding carboxylic acids is 3. The minimum Gasteiger partial charge on any atom is -0.395 e. The molecule has 1 saturated carbocycles. The van der Waals surface area contributed by atoms with Crippen LogP contribution >= 0.6 is 11.8 Å². The number of nitrogens with one attached hydrogen (secondary N) is 3. The molecule has 1 aliphatic heterocycles. The van der Waals surface area contributed by atoms with Crippen molar-refractivity contribution in [1.29, 1.82) is 0 Å². The molecule has 3 amide bonds. The molecule has 0 aromatic carbocycles. The van der Waals surface area contributed by atoms with Gasteiger partial charge in [0, 0.05) is 24.2 Å². The number of amides is 3. The first-order valence-corrected chi connectivity index (χ1v) is 11.0. The Morgan fingerprint density at radius 3 is 2.88 bits per heavy atom. The molecule has 3 heterocycles. The van der Waals surface area contributed by atoms with E-state index in [2.05, 4.69) is 21.0 Å². The summed E-state index contributed by atoms with van der Waals surface area (Å²) in [5, 5.41) is 21.6. The molecule has 0 saturated heterocycles. The number of hydrogen-bond acceptors (Lipinski definition) is 8. The highest BCUT2D eigenvalue weighted by atomic mass is 32.2. The number of hydrogen-bond donors (Lipinski definition) is 5. The molecule has 1 unspecified atom stereocenters. The van der Waals surface area contributed by atoms with Crippen molar-refractivity contribution in [2.45, 2.75) is 30.6 Å². The first-order valence-electron chi connectivity index (χ1n) is 10.1. The van der Waals surface area contributed by atoms with E-state index >= 15 is 0 Å². The number of nitrogens with two attached hydrogens (primary N) is 1. The monoisotopic (exact) mass is 457 g/mol. The molecule has 0 spiro atoms. The Hall–Kier alpha value is -3.38. The van der Waals surface area contributed by atoms with E-state index < -0.39 is 5.91 Å². The Labute approximate surface area is 187 Å². The third-order valence-electron chi connectivity index (χ3n) is 4.97. The number of rotatable bonds is 10. The number of aliphatic hydroxyl groups is 1. The lowest BCUT2D eigenvalue weighted by atomic mass is 10.2. The zero-order chi connectivity index (χ0) is 22.7. The van der Waals surface area contributed by atoms with Gasteiger partial charge in [-0.05, 0) is 25.3 Å². The summed E-state index contributed by atoms with van der Waals surface area (Å²) in [7, 11) is 0. The number of primary amides is 1. The van der Waals surface area contributed by atoms with Gasteiger partial charge < -0.3 is 26.8 Å². The minimum atomic E-state index is -0.780. The summed E-state index contributed by atoms with van der Waals surface area (Å²) in [4.78, 5) is 40.0. The molecule has 1 aliphatic carbocycles. The maximum Gasteiger partial charge on any atom is 0.265 e. The molecular weight excluding hydrogens is 434 g/mol. The van der Waals surface area contributed by atoms with Crippen molar-refractivity contribution < 1.29 is 19.5 Å². The summed E-state index contributed by atoms with van der Waals surface area (Å²) in [6.45, 7) is 0.0783. The Balaban J connectivity index is 1.67. The second-order valence-electron chi connectivity index (χ2n) is 7.39. The summed E-state index contributed by atoms with van der Waals surface area (Å²) in [6.07, 6.45) is 7.98. The van der Waals surface area contributed by atoms with Crippen LogP contribution in [0.1, 0.15) is 35.8 Å². The number of carbonyl (C=O) groups is 3. The van der Waals surface area contributed by atoms with Gasteiger partial charge in [0.1, 0.15) is 11.5 Å². The normalized spacial score (nSPS) is 18.3. The molecule has 0 bridgehead atoms. The van der Waals surface area contributed by atoms with Gasteiger partial charge in [-0.1, -0.05) is 6.08 Å². The maximum absolute atomic E-state index is 12.2. The SMILES string of the molecule is NC(=O)/C(=C/c1cnn2c(NC3CC3)cc(C3CC=C(C(=O)NCCO)S3)nc12)NC=O. The van der Waals surface area contributed by atoms with Crippen molar-refractivity contribution in [3.8, 4) is 0 Å². The summed E-state index contributed by atoms with van der Waals surface area (Å²) in [5.74, 6) is -0.240. The van der Waals surface area contributed by atoms with Gasteiger partial charge in [-0.3, -0.25) is 14.4 Å². The molecule has 1 fully saturated rings. The molecule has 0 radical (unpaired) electrons. The van der Waals surface area contributed by atoms with Crippen LogP contribution in [0.4, 0.5) is 5.82 Å². The Morgan fingerprint density at radius 1 is 1.38 bits per heavy atom. The van der Waals surface area contributed by atoms with E-state index in [9.17, 15) is 14.4 Å². The highest BCUT2D eigenvalue weighted by Crippen LogP contribution is 2.44. The van der Waals surface area contributed by atoms with Crippen LogP contribution in [0, 0.1) is 0 Å². The lowest BCUT2D eigenvalue weighted by molar-refractivity contribution is -0.117. The highest BCUT2D eigenvalue weighted by molar-refractivity contribution is 8.04. The topological polar surface area (TPSA) is 164 Å². The molecule has 6 N–H and O–H groups in total. The average Bonchev–Trinajstić information content (AvgIpc) is 3.29. The maximum atomic E-state index is 12.2. The van der Waals surface area contributed by atoms with Crippen LogP contribution in [0.15, 0.2) is 28.9 Å². The Morgan fingerprint density at radius 2 is 2.19 bits per heavy atom. The zero-order valence-corrected chi connectivity index (χ0v) is 17.9. The van der Waals surface area contributed by atoms with Crippen molar-refractivity contribution in [2.75, 3.05) is 18.5 Å². The van der Waals surface area contributed by atoms with E-state index in [0.717, 1.165) is 24.4 Å². The summed E-state index contributed by atoms with van der Waals surface area (Å²) >= 11 is 1.41. The molecule has 2 aliphatic rings. The molecule has 2 aromatic heterocycles. The first kappa shape index (κ1) is 21.8. The number of nitrogens with zero attached hydrogens (tertiary/aromatic N) is 3. The standard InChI is InChI=1S/C20H23N7O4S/c21-18(30)14(23-10-29)7-11-9-24-27-17(25-12-1-2-12)8-13(26-19(11)27)15-3-4-16(32-15)20(31)22-5-6-28/h4,7-10,12,15,25,28H,1-3,5-6H2,(H2,21,30)(H,22,31)(H,23,29)/b14-7-. The van der Waals surface area contributed by atoms with E-state index in [4.69, 9.17) is 15.8 Å². The largest absolute Gasteiger partial charge is 0.395 e. The number of aromatic nitrogens is 3. The smallest absolute Gasteiger partial charge is 0.265 e. The van der Waals surface area contributed by atoms with Crippen molar-refractivity contribution in [1.82, 2.24) is 25.2 Å². The van der Waals surface area contributed by atoms with Crippen LogP contribution in [0.25, 0.3) is 11.7 Å².